The molecule has 0 fully saturated rings. The average Bonchev–Trinajstić information content (AvgIpc) is 2.26. The summed E-state index contributed by atoms with van der Waals surface area (Å²) >= 11 is 0. The molecule has 7 heteroatoms. The van der Waals surface area contributed by atoms with Gasteiger partial charge in [-0.3, -0.25) is 4.72 Å². The highest BCUT2D eigenvalue weighted by Crippen LogP contribution is 2.22. The van der Waals surface area contributed by atoms with E-state index >= 15 is 0 Å². The highest BCUT2D eigenvalue weighted by molar-refractivity contribution is 7.92. The monoisotopic (exact) mass is 278 g/mol. The Morgan fingerprint density at radius 3 is 2.05 bits per heavy atom. The molecule has 0 atom stereocenters. The molecule has 0 aliphatic carbocycles. The average molecular weight is 278 g/mol. The highest BCUT2D eigenvalue weighted by atomic mass is 32.2. The summed E-state index contributed by atoms with van der Waals surface area (Å²) < 4.78 is 26.7. The Morgan fingerprint density at radius 2 is 1.47 bits per heavy atom. The maximum Gasteiger partial charge on any atom is 0.262 e. The van der Waals surface area contributed by atoms with E-state index in [1.807, 2.05) is 0 Å². The third kappa shape index (κ3) is 3.08. The lowest BCUT2D eigenvalue weighted by molar-refractivity contribution is 0.601. The van der Waals surface area contributed by atoms with E-state index in [9.17, 15) is 8.42 Å². The molecule has 0 unspecified atom stereocenters. The number of nitrogens with one attached hydrogen (secondary N) is 1. The van der Waals surface area contributed by atoms with Gasteiger partial charge in [0, 0.05) is 17.1 Å². The molecule has 0 aliphatic heterocycles. The Hall–Kier alpha value is -2.41. The van der Waals surface area contributed by atoms with Crippen LogP contribution in [0.15, 0.2) is 47.4 Å². The zero-order valence-electron chi connectivity index (χ0n) is 10.00. The smallest absolute Gasteiger partial charge is 0.262 e. The van der Waals surface area contributed by atoms with Gasteiger partial charge in [-0.25, -0.2) is 8.42 Å². The summed E-state index contributed by atoms with van der Waals surface area (Å²) in [6.07, 6.45) is 0. The van der Waals surface area contributed by atoms with E-state index in [2.05, 4.69) is 4.72 Å². The molecule has 0 saturated carbocycles. The van der Waals surface area contributed by atoms with Gasteiger partial charge in [-0.2, -0.15) is 0 Å². The molecule has 0 bridgehead atoms. The van der Waals surface area contributed by atoms with E-state index in [-0.39, 0.29) is 16.3 Å². The fraction of sp³-hybridized carbons (Fsp3) is 0. The van der Waals surface area contributed by atoms with Crippen molar-refractivity contribution >= 4 is 32.8 Å². The summed E-state index contributed by atoms with van der Waals surface area (Å²) in [6.45, 7) is 0. The predicted molar refractivity (Wildman–Crippen MR) is 76.9 cm³/mol. The first-order chi connectivity index (χ1) is 8.87. The second kappa shape index (κ2) is 4.69. The van der Waals surface area contributed by atoms with Crippen molar-refractivity contribution in [3.05, 3.63) is 42.5 Å². The molecule has 0 radical (unpaired) electrons. The number of rotatable bonds is 3. The van der Waals surface area contributed by atoms with Gasteiger partial charge in [0.05, 0.1) is 10.6 Å². The van der Waals surface area contributed by atoms with Crippen molar-refractivity contribution in [1.29, 1.82) is 0 Å². The number of hydrogen-bond donors (Lipinski definition) is 4. The summed E-state index contributed by atoms with van der Waals surface area (Å²) in [7, 11) is -3.74. The van der Waals surface area contributed by atoms with Crippen LogP contribution in [0, 0.1) is 0 Å². The minimum Gasteiger partial charge on any atom is -0.399 e. The summed E-state index contributed by atoms with van der Waals surface area (Å²) in [5, 5.41) is 0. The van der Waals surface area contributed by atoms with Crippen LogP contribution >= 0.6 is 0 Å². The number of hydrogen-bond acceptors (Lipinski definition) is 5. The van der Waals surface area contributed by atoms with Crippen LogP contribution in [0.25, 0.3) is 0 Å². The van der Waals surface area contributed by atoms with Crippen molar-refractivity contribution in [1.82, 2.24) is 0 Å². The minimum absolute atomic E-state index is 0.00687. The summed E-state index contributed by atoms with van der Waals surface area (Å²) in [6, 6.07) is 10.6. The molecule has 0 saturated heterocycles. The van der Waals surface area contributed by atoms with Crippen LogP contribution in [0.4, 0.5) is 22.7 Å². The fourth-order valence-corrected chi connectivity index (χ4v) is 2.75. The van der Waals surface area contributed by atoms with Gasteiger partial charge in [0.2, 0.25) is 0 Å². The summed E-state index contributed by atoms with van der Waals surface area (Å²) in [5.74, 6) is 0. The van der Waals surface area contributed by atoms with Crippen molar-refractivity contribution in [2.45, 2.75) is 4.90 Å². The fourth-order valence-electron chi connectivity index (χ4n) is 1.62. The van der Waals surface area contributed by atoms with Crippen LogP contribution in [0.2, 0.25) is 0 Å². The van der Waals surface area contributed by atoms with Crippen LogP contribution in [0.1, 0.15) is 0 Å². The van der Waals surface area contributed by atoms with Gasteiger partial charge in [-0.1, -0.05) is 6.07 Å². The first kappa shape index (κ1) is 13.0. The molecule has 0 amide bonds. The molecular formula is C12H14N4O2S. The van der Waals surface area contributed by atoms with E-state index in [0.29, 0.717) is 11.4 Å². The molecule has 2 aromatic rings. The van der Waals surface area contributed by atoms with Crippen LogP contribution in [-0.4, -0.2) is 8.42 Å². The minimum atomic E-state index is -3.74. The van der Waals surface area contributed by atoms with Gasteiger partial charge in [0.15, 0.2) is 0 Å². The highest BCUT2D eigenvalue weighted by Gasteiger charge is 2.15. The van der Waals surface area contributed by atoms with Gasteiger partial charge in [0.1, 0.15) is 0 Å². The van der Waals surface area contributed by atoms with Crippen molar-refractivity contribution < 1.29 is 8.42 Å². The third-order valence-corrected chi connectivity index (χ3v) is 3.76. The van der Waals surface area contributed by atoms with E-state index < -0.39 is 10.0 Å². The zero-order valence-corrected chi connectivity index (χ0v) is 10.8. The van der Waals surface area contributed by atoms with Gasteiger partial charge >= 0.3 is 0 Å². The SMILES string of the molecule is Nc1cccc(NS(=O)(=O)c2cc(N)cc(N)c2)c1. The normalized spacial score (nSPS) is 11.2. The molecular weight excluding hydrogens is 264 g/mol. The van der Waals surface area contributed by atoms with Crippen molar-refractivity contribution in [2.75, 3.05) is 21.9 Å². The molecule has 7 N–H and O–H groups in total. The Labute approximate surface area is 111 Å². The van der Waals surface area contributed by atoms with Crippen molar-refractivity contribution in [3.8, 4) is 0 Å². The van der Waals surface area contributed by atoms with E-state index in [1.54, 1.807) is 18.2 Å². The molecule has 19 heavy (non-hydrogen) atoms. The lowest BCUT2D eigenvalue weighted by Crippen LogP contribution is -2.13. The largest absolute Gasteiger partial charge is 0.399 e. The van der Waals surface area contributed by atoms with Gasteiger partial charge in [-0.15, -0.1) is 0 Å². The number of anilines is 4. The first-order valence-electron chi connectivity index (χ1n) is 5.41. The third-order valence-electron chi connectivity index (χ3n) is 2.40. The Morgan fingerprint density at radius 1 is 0.842 bits per heavy atom. The lowest BCUT2D eigenvalue weighted by atomic mass is 10.3. The molecule has 0 aromatic heterocycles. The number of nitrogen functional groups attached to an aromatic ring is 3. The number of nitrogens with two attached hydrogens (primary N) is 3. The van der Waals surface area contributed by atoms with Crippen LogP contribution in [-0.2, 0) is 10.0 Å². The quantitative estimate of drug-likeness (QED) is 0.629. The second-order valence-electron chi connectivity index (χ2n) is 4.07. The Balaban J connectivity index is 2.37. The van der Waals surface area contributed by atoms with Crippen LogP contribution in [0.3, 0.4) is 0 Å². The zero-order chi connectivity index (χ0) is 14.0. The van der Waals surface area contributed by atoms with E-state index in [4.69, 9.17) is 17.2 Å². The van der Waals surface area contributed by atoms with Crippen LogP contribution in [0.5, 0.6) is 0 Å². The molecule has 2 aromatic carbocycles. The lowest BCUT2D eigenvalue weighted by Gasteiger charge is -2.10. The van der Waals surface area contributed by atoms with Crippen molar-refractivity contribution in [2.24, 2.45) is 0 Å². The first-order valence-corrected chi connectivity index (χ1v) is 6.89. The number of benzene rings is 2. The standard InChI is InChI=1S/C12H14N4O2S/c13-8-2-1-3-11(5-8)16-19(17,18)12-6-9(14)4-10(15)7-12/h1-7,16H,13-15H2. The molecule has 0 aliphatic rings. The Kier molecular flexibility index (Phi) is 3.22. The van der Waals surface area contributed by atoms with Crippen molar-refractivity contribution in [3.63, 3.8) is 0 Å². The maximum absolute atomic E-state index is 12.2. The second-order valence-corrected chi connectivity index (χ2v) is 5.75. The maximum atomic E-state index is 12.2. The molecule has 0 spiro atoms. The Bertz CT molecular complexity index is 693. The molecule has 2 rings (SSSR count). The number of sulfonamides is 1. The topological polar surface area (TPSA) is 124 Å². The van der Waals surface area contributed by atoms with E-state index in [1.165, 1.54) is 24.3 Å². The summed E-state index contributed by atoms with van der Waals surface area (Å²) in [5.41, 5.74) is 18.2. The molecule has 6 nitrogen and oxygen atoms in total. The van der Waals surface area contributed by atoms with Crippen LogP contribution < -0.4 is 21.9 Å². The van der Waals surface area contributed by atoms with Gasteiger partial charge in [-0.05, 0) is 36.4 Å². The summed E-state index contributed by atoms with van der Waals surface area (Å²) in [4.78, 5) is 0.00687. The predicted octanol–water partition coefficient (Wildman–Crippen LogP) is 1.23. The van der Waals surface area contributed by atoms with Gasteiger partial charge < -0.3 is 17.2 Å². The van der Waals surface area contributed by atoms with E-state index in [0.717, 1.165) is 0 Å². The molecule has 100 valence electrons. The van der Waals surface area contributed by atoms with Gasteiger partial charge in [0.25, 0.3) is 10.0 Å². The molecule has 0 heterocycles.